The van der Waals surface area contributed by atoms with Crippen LogP contribution in [-0.4, -0.2) is 19.6 Å². The number of hydrogen-bond donors (Lipinski definition) is 1. The summed E-state index contributed by atoms with van der Waals surface area (Å²) in [4.78, 5) is 12.6. The highest BCUT2D eigenvalue weighted by Gasteiger charge is 2.20. The van der Waals surface area contributed by atoms with Gasteiger partial charge in [0.25, 0.3) is 0 Å². The van der Waals surface area contributed by atoms with Crippen molar-refractivity contribution in [2.45, 2.75) is 19.4 Å². The topological polar surface area (TPSA) is 51.5 Å². The van der Waals surface area contributed by atoms with Crippen LogP contribution < -0.4 is 5.32 Å². The van der Waals surface area contributed by atoms with Crippen LogP contribution in [0.15, 0.2) is 34.1 Å². The minimum absolute atomic E-state index is 0.0154. The van der Waals surface area contributed by atoms with Gasteiger partial charge in [0.05, 0.1) is 7.11 Å². The van der Waals surface area contributed by atoms with E-state index in [9.17, 15) is 4.79 Å². The Bertz CT molecular complexity index is 519. The Hall–Kier alpha value is -1.59. The molecule has 19 heavy (non-hydrogen) atoms. The van der Waals surface area contributed by atoms with Gasteiger partial charge in [-0.1, -0.05) is 13.0 Å². The zero-order valence-corrected chi connectivity index (χ0v) is 11.8. The molecule has 2 rings (SSSR count). The van der Waals surface area contributed by atoms with E-state index in [1.54, 1.807) is 17.4 Å². The molecule has 5 heteroatoms. The number of carbonyl (C=O) groups is 1. The summed E-state index contributed by atoms with van der Waals surface area (Å²) in [6.07, 6.45) is 1.03. The fourth-order valence-electron chi connectivity index (χ4n) is 1.80. The number of esters is 1. The average Bonchev–Trinajstić information content (AvgIpc) is 3.09. The molecule has 1 N–H and O–H groups in total. The van der Waals surface area contributed by atoms with Crippen LogP contribution in [0.5, 0.6) is 0 Å². The molecule has 0 amide bonds. The zero-order chi connectivity index (χ0) is 13.7. The molecule has 2 aromatic rings. The lowest BCUT2D eigenvalue weighted by molar-refractivity contribution is 0.0562. The Labute approximate surface area is 116 Å². The molecule has 0 radical (unpaired) electrons. The lowest BCUT2D eigenvalue weighted by Crippen LogP contribution is -2.21. The molecular formula is C14H17NO3S. The molecule has 2 heterocycles. The van der Waals surface area contributed by atoms with Crippen molar-refractivity contribution in [2.24, 2.45) is 0 Å². The summed E-state index contributed by atoms with van der Waals surface area (Å²) in [5.74, 6) is 0.514. The van der Waals surface area contributed by atoms with E-state index in [-0.39, 0.29) is 11.8 Å². The Kier molecular flexibility index (Phi) is 4.76. The van der Waals surface area contributed by atoms with Crippen molar-refractivity contribution >= 4 is 17.3 Å². The van der Waals surface area contributed by atoms with E-state index < -0.39 is 5.97 Å². The third-order valence-corrected chi connectivity index (χ3v) is 3.66. The molecule has 0 saturated heterocycles. The molecule has 2 aromatic heterocycles. The molecule has 0 aliphatic heterocycles. The maximum Gasteiger partial charge on any atom is 0.373 e. The van der Waals surface area contributed by atoms with Crippen LogP contribution in [0.1, 0.15) is 40.6 Å². The molecule has 0 aromatic carbocycles. The summed E-state index contributed by atoms with van der Waals surface area (Å²) in [7, 11) is 1.34. The fourth-order valence-corrected chi connectivity index (χ4v) is 2.61. The number of rotatable bonds is 6. The van der Waals surface area contributed by atoms with Crippen LogP contribution in [0.3, 0.4) is 0 Å². The smallest absolute Gasteiger partial charge is 0.373 e. The Morgan fingerprint density at radius 1 is 1.47 bits per heavy atom. The van der Waals surface area contributed by atoms with Gasteiger partial charge in [-0.3, -0.25) is 0 Å². The van der Waals surface area contributed by atoms with Gasteiger partial charge in [-0.2, -0.15) is 0 Å². The summed E-state index contributed by atoms with van der Waals surface area (Å²) >= 11 is 1.66. The van der Waals surface area contributed by atoms with E-state index in [1.165, 1.54) is 12.0 Å². The molecule has 0 aliphatic rings. The van der Waals surface area contributed by atoms with Crippen molar-refractivity contribution in [1.29, 1.82) is 0 Å². The summed E-state index contributed by atoms with van der Waals surface area (Å²) in [5, 5.41) is 5.45. The summed E-state index contributed by atoms with van der Waals surface area (Å²) in [6, 6.07) is 7.51. The molecule has 4 nitrogen and oxygen atoms in total. The second kappa shape index (κ2) is 6.54. The lowest BCUT2D eigenvalue weighted by atomic mass is 10.2. The van der Waals surface area contributed by atoms with Crippen molar-refractivity contribution < 1.29 is 13.9 Å². The van der Waals surface area contributed by atoms with Crippen molar-refractivity contribution in [3.63, 3.8) is 0 Å². The maximum atomic E-state index is 11.4. The van der Waals surface area contributed by atoms with Gasteiger partial charge >= 0.3 is 5.97 Å². The van der Waals surface area contributed by atoms with Crippen LogP contribution in [0.4, 0.5) is 0 Å². The van der Waals surface area contributed by atoms with Crippen molar-refractivity contribution in [3.05, 3.63) is 46.0 Å². The Balaban J connectivity index is 2.23. The predicted molar refractivity (Wildman–Crippen MR) is 74.5 cm³/mol. The van der Waals surface area contributed by atoms with Crippen LogP contribution >= 0.6 is 11.3 Å². The van der Waals surface area contributed by atoms with Gasteiger partial charge < -0.3 is 14.5 Å². The Morgan fingerprint density at radius 2 is 2.32 bits per heavy atom. The van der Waals surface area contributed by atoms with Crippen molar-refractivity contribution in [3.8, 4) is 0 Å². The van der Waals surface area contributed by atoms with E-state index in [1.807, 2.05) is 17.5 Å². The van der Waals surface area contributed by atoms with Gasteiger partial charge in [0, 0.05) is 4.88 Å². The molecular weight excluding hydrogens is 262 g/mol. The third kappa shape index (κ3) is 3.24. The molecule has 0 fully saturated rings. The van der Waals surface area contributed by atoms with Crippen LogP contribution in [0.25, 0.3) is 0 Å². The lowest BCUT2D eigenvalue weighted by Gasteiger charge is -2.14. The van der Waals surface area contributed by atoms with Crippen molar-refractivity contribution in [1.82, 2.24) is 5.32 Å². The second-order valence-corrected chi connectivity index (χ2v) is 5.08. The van der Waals surface area contributed by atoms with Gasteiger partial charge in [0.1, 0.15) is 11.8 Å². The van der Waals surface area contributed by atoms with Gasteiger partial charge in [-0.15, -0.1) is 11.3 Å². The van der Waals surface area contributed by atoms with Crippen LogP contribution in [0, 0.1) is 0 Å². The average molecular weight is 279 g/mol. The van der Waals surface area contributed by atoms with Gasteiger partial charge in [-0.25, -0.2) is 4.79 Å². The monoisotopic (exact) mass is 279 g/mol. The number of carbonyl (C=O) groups excluding carboxylic acids is 1. The minimum atomic E-state index is -0.452. The number of thiophene rings is 1. The highest BCUT2D eigenvalue weighted by Crippen LogP contribution is 2.27. The minimum Gasteiger partial charge on any atom is -0.463 e. The quantitative estimate of drug-likeness (QED) is 0.825. The summed E-state index contributed by atoms with van der Waals surface area (Å²) < 4.78 is 10.2. The van der Waals surface area contributed by atoms with E-state index >= 15 is 0 Å². The standard InChI is InChI=1S/C14H17NO3S/c1-3-8-15-13(12-5-4-9-19-12)10-6-7-11(18-10)14(16)17-2/h4-7,9,13,15H,3,8H2,1-2H3. The molecule has 1 unspecified atom stereocenters. The van der Waals surface area contributed by atoms with Crippen LogP contribution in [0.2, 0.25) is 0 Å². The zero-order valence-electron chi connectivity index (χ0n) is 11.0. The number of nitrogens with one attached hydrogen (secondary N) is 1. The highest BCUT2D eigenvalue weighted by atomic mass is 32.1. The number of ether oxygens (including phenoxy) is 1. The predicted octanol–water partition coefficient (Wildman–Crippen LogP) is 3.22. The third-order valence-electron chi connectivity index (χ3n) is 2.72. The highest BCUT2D eigenvalue weighted by molar-refractivity contribution is 7.10. The largest absolute Gasteiger partial charge is 0.463 e. The van der Waals surface area contributed by atoms with Crippen molar-refractivity contribution in [2.75, 3.05) is 13.7 Å². The maximum absolute atomic E-state index is 11.4. The SMILES string of the molecule is CCCNC(c1ccc(C(=O)OC)o1)c1cccs1. The van der Waals surface area contributed by atoms with Gasteiger partial charge in [-0.05, 0) is 36.5 Å². The number of hydrogen-bond acceptors (Lipinski definition) is 5. The first-order valence-electron chi connectivity index (χ1n) is 6.21. The van der Waals surface area contributed by atoms with E-state index in [2.05, 4.69) is 23.0 Å². The molecule has 0 aliphatic carbocycles. The summed E-state index contributed by atoms with van der Waals surface area (Å²) in [6.45, 7) is 3.00. The van der Waals surface area contributed by atoms with E-state index in [0.717, 1.165) is 18.7 Å². The van der Waals surface area contributed by atoms with Gasteiger partial charge in [0.15, 0.2) is 0 Å². The fraction of sp³-hybridized carbons (Fsp3) is 0.357. The molecule has 102 valence electrons. The van der Waals surface area contributed by atoms with Gasteiger partial charge in [0.2, 0.25) is 5.76 Å². The first-order chi connectivity index (χ1) is 9.26. The first kappa shape index (κ1) is 13.8. The molecule has 0 spiro atoms. The van der Waals surface area contributed by atoms with E-state index in [4.69, 9.17) is 4.42 Å². The molecule has 0 saturated carbocycles. The first-order valence-corrected chi connectivity index (χ1v) is 7.09. The molecule has 0 bridgehead atoms. The van der Waals surface area contributed by atoms with Crippen LogP contribution in [-0.2, 0) is 4.74 Å². The number of methoxy groups -OCH3 is 1. The second-order valence-electron chi connectivity index (χ2n) is 4.10. The normalized spacial score (nSPS) is 12.3. The number of furan rings is 1. The molecule has 1 atom stereocenters. The summed E-state index contributed by atoms with van der Waals surface area (Å²) in [5.41, 5.74) is 0. The van der Waals surface area contributed by atoms with E-state index in [0.29, 0.717) is 0 Å². The Morgan fingerprint density at radius 3 is 2.95 bits per heavy atom.